The van der Waals surface area contributed by atoms with E-state index in [4.69, 9.17) is 10.5 Å². The van der Waals surface area contributed by atoms with Gasteiger partial charge in [-0.3, -0.25) is 4.79 Å². The molecule has 1 fully saturated rings. The number of esters is 1. The van der Waals surface area contributed by atoms with Crippen molar-refractivity contribution in [1.29, 1.82) is 0 Å². The van der Waals surface area contributed by atoms with Crippen LogP contribution in [0.15, 0.2) is 30.3 Å². The van der Waals surface area contributed by atoms with Crippen LogP contribution in [0.1, 0.15) is 30.9 Å². The number of nitrogens with zero attached hydrogens (tertiary/aromatic N) is 1. The van der Waals surface area contributed by atoms with E-state index < -0.39 is 12.1 Å². The first-order valence-corrected chi connectivity index (χ1v) is 6.84. The van der Waals surface area contributed by atoms with Crippen molar-refractivity contribution in [3.8, 4) is 0 Å². The third-order valence-corrected chi connectivity index (χ3v) is 3.68. The summed E-state index contributed by atoms with van der Waals surface area (Å²) >= 11 is 0. The van der Waals surface area contributed by atoms with Crippen LogP contribution in [0.25, 0.3) is 0 Å². The molecular weight excluding hydrogens is 256 g/mol. The van der Waals surface area contributed by atoms with E-state index in [2.05, 4.69) is 0 Å². The number of methoxy groups -OCH3 is 1. The second-order valence-electron chi connectivity index (χ2n) is 4.95. The molecule has 5 nitrogen and oxygen atoms in total. The molecule has 0 saturated carbocycles. The lowest BCUT2D eigenvalue weighted by Crippen LogP contribution is -2.51. The Morgan fingerprint density at radius 1 is 1.30 bits per heavy atom. The van der Waals surface area contributed by atoms with Gasteiger partial charge in [0.2, 0.25) is 5.91 Å². The molecule has 1 aliphatic rings. The van der Waals surface area contributed by atoms with Gasteiger partial charge in [0.1, 0.15) is 12.1 Å². The Hall–Kier alpha value is -1.88. The van der Waals surface area contributed by atoms with Gasteiger partial charge in [0.15, 0.2) is 0 Å². The first kappa shape index (κ1) is 14.5. The first-order valence-electron chi connectivity index (χ1n) is 6.84. The summed E-state index contributed by atoms with van der Waals surface area (Å²) in [5, 5.41) is 0. The largest absolute Gasteiger partial charge is 0.467 e. The van der Waals surface area contributed by atoms with Crippen LogP contribution in [0.4, 0.5) is 0 Å². The van der Waals surface area contributed by atoms with Gasteiger partial charge in [-0.2, -0.15) is 0 Å². The lowest BCUT2D eigenvalue weighted by molar-refractivity contribution is -0.155. The average Bonchev–Trinajstić information content (AvgIpc) is 2.53. The smallest absolute Gasteiger partial charge is 0.328 e. The van der Waals surface area contributed by atoms with Gasteiger partial charge in [-0.25, -0.2) is 4.79 Å². The molecule has 1 amide bonds. The summed E-state index contributed by atoms with van der Waals surface area (Å²) in [5.41, 5.74) is 6.79. The van der Waals surface area contributed by atoms with Crippen LogP contribution in [0, 0.1) is 0 Å². The molecular formula is C15H20N2O3. The zero-order valence-electron chi connectivity index (χ0n) is 11.6. The number of likely N-dealkylation sites (tertiary alicyclic amines) is 1. The van der Waals surface area contributed by atoms with Gasteiger partial charge >= 0.3 is 5.97 Å². The number of amides is 1. The molecule has 2 N–H and O–H groups in total. The molecule has 1 heterocycles. The Kier molecular flexibility index (Phi) is 4.74. The van der Waals surface area contributed by atoms with Crippen molar-refractivity contribution in [2.75, 3.05) is 13.7 Å². The fourth-order valence-electron chi connectivity index (χ4n) is 2.56. The van der Waals surface area contributed by atoms with E-state index in [1.807, 2.05) is 30.3 Å². The van der Waals surface area contributed by atoms with Crippen LogP contribution < -0.4 is 5.73 Å². The lowest BCUT2D eigenvalue weighted by atomic mass is 9.99. The van der Waals surface area contributed by atoms with E-state index in [1.165, 1.54) is 7.11 Å². The maximum atomic E-state index is 12.5. The summed E-state index contributed by atoms with van der Waals surface area (Å²) in [6.07, 6.45) is 2.45. The van der Waals surface area contributed by atoms with Gasteiger partial charge in [0.25, 0.3) is 0 Å². The van der Waals surface area contributed by atoms with E-state index in [-0.39, 0.29) is 11.9 Å². The highest BCUT2D eigenvalue weighted by molar-refractivity contribution is 5.88. The molecule has 20 heavy (non-hydrogen) atoms. The summed E-state index contributed by atoms with van der Waals surface area (Å²) in [5.74, 6) is -0.579. The number of carbonyl (C=O) groups excluding carboxylic acids is 2. The predicted molar refractivity (Wildman–Crippen MR) is 74.7 cm³/mol. The molecule has 1 aromatic carbocycles. The van der Waals surface area contributed by atoms with Crippen molar-refractivity contribution in [3.63, 3.8) is 0 Å². The SMILES string of the molecule is COC(=O)C1CCCCN1C(=O)[C@H](N)c1ccccc1. The third kappa shape index (κ3) is 2.99. The summed E-state index contributed by atoms with van der Waals surface area (Å²) < 4.78 is 4.78. The van der Waals surface area contributed by atoms with E-state index in [0.29, 0.717) is 13.0 Å². The normalized spacial score (nSPS) is 20.3. The minimum Gasteiger partial charge on any atom is -0.467 e. The van der Waals surface area contributed by atoms with Gasteiger partial charge in [0.05, 0.1) is 7.11 Å². The Bertz CT molecular complexity index is 475. The van der Waals surface area contributed by atoms with Crippen molar-refractivity contribution in [2.45, 2.75) is 31.3 Å². The fraction of sp³-hybridized carbons (Fsp3) is 0.467. The lowest BCUT2D eigenvalue weighted by Gasteiger charge is -2.35. The zero-order chi connectivity index (χ0) is 14.5. The van der Waals surface area contributed by atoms with Crippen molar-refractivity contribution < 1.29 is 14.3 Å². The molecule has 1 aliphatic heterocycles. The number of rotatable bonds is 3. The minimum atomic E-state index is -0.735. The Morgan fingerprint density at radius 2 is 2.00 bits per heavy atom. The zero-order valence-corrected chi connectivity index (χ0v) is 11.6. The highest BCUT2D eigenvalue weighted by atomic mass is 16.5. The number of hydrogen-bond acceptors (Lipinski definition) is 4. The van der Waals surface area contributed by atoms with Gasteiger partial charge in [-0.1, -0.05) is 30.3 Å². The van der Waals surface area contributed by atoms with E-state index in [1.54, 1.807) is 4.90 Å². The van der Waals surface area contributed by atoms with Crippen LogP contribution in [-0.4, -0.2) is 36.5 Å². The number of carbonyl (C=O) groups is 2. The summed E-state index contributed by atoms with van der Waals surface area (Å²) in [4.78, 5) is 25.9. The number of nitrogens with two attached hydrogens (primary N) is 1. The molecule has 0 aromatic heterocycles. The van der Waals surface area contributed by atoms with Crippen LogP contribution in [0.3, 0.4) is 0 Å². The molecule has 108 valence electrons. The van der Waals surface area contributed by atoms with Gasteiger partial charge in [-0.05, 0) is 24.8 Å². The van der Waals surface area contributed by atoms with Crippen molar-refractivity contribution in [2.24, 2.45) is 5.73 Å². The quantitative estimate of drug-likeness (QED) is 0.843. The van der Waals surface area contributed by atoms with E-state index in [9.17, 15) is 9.59 Å². The molecule has 0 radical (unpaired) electrons. The maximum absolute atomic E-state index is 12.5. The Morgan fingerprint density at radius 3 is 2.65 bits per heavy atom. The van der Waals surface area contributed by atoms with Crippen LogP contribution in [-0.2, 0) is 14.3 Å². The molecule has 1 unspecified atom stereocenters. The van der Waals surface area contributed by atoms with Crippen LogP contribution >= 0.6 is 0 Å². The monoisotopic (exact) mass is 276 g/mol. The molecule has 1 aromatic rings. The van der Waals surface area contributed by atoms with E-state index in [0.717, 1.165) is 18.4 Å². The molecule has 2 rings (SSSR count). The minimum absolute atomic E-state index is 0.216. The van der Waals surface area contributed by atoms with Crippen molar-refractivity contribution in [3.05, 3.63) is 35.9 Å². The molecule has 5 heteroatoms. The molecule has 0 aliphatic carbocycles. The number of piperidine rings is 1. The fourth-order valence-corrected chi connectivity index (χ4v) is 2.56. The topological polar surface area (TPSA) is 72.6 Å². The first-order chi connectivity index (χ1) is 9.65. The molecule has 2 atom stereocenters. The summed E-state index contributed by atoms with van der Waals surface area (Å²) in [6.45, 7) is 0.555. The van der Waals surface area contributed by atoms with Gasteiger partial charge < -0.3 is 15.4 Å². The Balaban J connectivity index is 2.15. The molecule has 0 bridgehead atoms. The number of ether oxygens (including phenoxy) is 1. The van der Waals surface area contributed by atoms with Gasteiger partial charge in [-0.15, -0.1) is 0 Å². The van der Waals surface area contributed by atoms with E-state index >= 15 is 0 Å². The molecule has 0 spiro atoms. The third-order valence-electron chi connectivity index (χ3n) is 3.68. The molecule has 1 saturated heterocycles. The predicted octanol–water partition coefficient (Wildman–Crippen LogP) is 1.24. The van der Waals surface area contributed by atoms with Crippen molar-refractivity contribution >= 4 is 11.9 Å². The van der Waals surface area contributed by atoms with Crippen LogP contribution in [0.5, 0.6) is 0 Å². The second kappa shape index (κ2) is 6.52. The highest BCUT2D eigenvalue weighted by Crippen LogP contribution is 2.22. The highest BCUT2D eigenvalue weighted by Gasteiger charge is 2.35. The van der Waals surface area contributed by atoms with Gasteiger partial charge in [0, 0.05) is 6.54 Å². The average molecular weight is 276 g/mol. The number of benzene rings is 1. The Labute approximate surface area is 118 Å². The standard InChI is InChI=1S/C15H20N2O3/c1-20-15(19)12-9-5-6-10-17(12)14(18)13(16)11-7-3-2-4-8-11/h2-4,7-8,12-13H,5-6,9-10,16H2,1H3/t12?,13-/m1/s1. The summed E-state index contributed by atoms with van der Waals surface area (Å²) in [6, 6.07) is 7.96. The van der Waals surface area contributed by atoms with Crippen LogP contribution in [0.2, 0.25) is 0 Å². The second-order valence-corrected chi connectivity index (χ2v) is 4.95. The van der Waals surface area contributed by atoms with Crippen molar-refractivity contribution in [1.82, 2.24) is 4.90 Å². The maximum Gasteiger partial charge on any atom is 0.328 e. The summed E-state index contributed by atoms with van der Waals surface area (Å²) in [7, 11) is 1.34. The number of hydrogen-bond donors (Lipinski definition) is 1.